The summed E-state index contributed by atoms with van der Waals surface area (Å²) in [5.41, 5.74) is 5.72. The van der Waals surface area contributed by atoms with E-state index in [1.807, 2.05) is 0 Å². The van der Waals surface area contributed by atoms with Gasteiger partial charge in [0.2, 0.25) is 0 Å². The summed E-state index contributed by atoms with van der Waals surface area (Å²) < 4.78 is 5.33. The van der Waals surface area contributed by atoms with E-state index in [1.54, 1.807) is 0 Å². The fourth-order valence-corrected chi connectivity index (χ4v) is 2.19. The highest BCUT2D eigenvalue weighted by Crippen LogP contribution is 2.19. The Labute approximate surface area is 80.2 Å². The SMILES string of the molecule is NC1CN(CCC2CCOCC2)C1. The van der Waals surface area contributed by atoms with Crippen LogP contribution in [0, 0.1) is 5.92 Å². The van der Waals surface area contributed by atoms with Crippen LogP contribution >= 0.6 is 0 Å². The van der Waals surface area contributed by atoms with Gasteiger partial charge >= 0.3 is 0 Å². The first kappa shape index (κ1) is 9.44. The van der Waals surface area contributed by atoms with Crippen molar-refractivity contribution < 1.29 is 4.74 Å². The van der Waals surface area contributed by atoms with E-state index in [-0.39, 0.29) is 0 Å². The molecule has 13 heavy (non-hydrogen) atoms. The zero-order valence-corrected chi connectivity index (χ0v) is 8.24. The second-order valence-electron chi connectivity index (χ2n) is 4.36. The van der Waals surface area contributed by atoms with Crippen LogP contribution in [-0.4, -0.2) is 43.8 Å². The van der Waals surface area contributed by atoms with Gasteiger partial charge in [-0.3, -0.25) is 0 Å². The first-order valence-corrected chi connectivity index (χ1v) is 5.40. The minimum Gasteiger partial charge on any atom is -0.381 e. The second kappa shape index (κ2) is 4.40. The monoisotopic (exact) mass is 184 g/mol. The van der Waals surface area contributed by atoms with Crippen molar-refractivity contribution in [2.75, 3.05) is 32.8 Å². The van der Waals surface area contributed by atoms with Crippen LogP contribution in [0.15, 0.2) is 0 Å². The molecule has 0 aliphatic carbocycles. The third-order valence-electron chi connectivity index (χ3n) is 3.18. The van der Waals surface area contributed by atoms with Gasteiger partial charge < -0.3 is 15.4 Å². The number of likely N-dealkylation sites (tertiary alicyclic amines) is 1. The largest absolute Gasteiger partial charge is 0.381 e. The molecule has 2 aliphatic heterocycles. The predicted molar refractivity (Wildman–Crippen MR) is 52.6 cm³/mol. The Morgan fingerprint density at radius 1 is 1.23 bits per heavy atom. The maximum Gasteiger partial charge on any atom is 0.0468 e. The van der Waals surface area contributed by atoms with E-state index in [1.165, 1.54) is 25.8 Å². The van der Waals surface area contributed by atoms with E-state index in [9.17, 15) is 0 Å². The van der Waals surface area contributed by atoms with E-state index < -0.39 is 0 Å². The average Bonchev–Trinajstić information content (AvgIpc) is 2.12. The highest BCUT2D eigenvalue weighted by molar-refractivity contribution is 4.82. The van der Waals surface area contributed by atoms with Crippen LogP contribution in [0.3, 0.4) is 0 Å². The number of ether oxygens (including phenoxy) is 1. The van der Waals surface area contributed by atoms with Crippen LogP contribution in [0.5, 0.6) is 0 Å². The lowest BCUT2D eigenvalue weighted by Crippen LogP contribution is -2.55. The van der Waals surface area contributed by atoms with Crippen molar-refractivity contribution in [2.24, 2.45) is 11.7 Å². The molecule has 0 unspecified atom stereocenters. The van der Waals surface area contributed by atoms with Crippen molar-refractivity contribution >= 4 is 0 Å². The summed E-state index contributed by atoms with van der Waals surface area (Å²) in [5, 5.41) is 0. The highest BCUT2D eigenvalue weighted by Gasteiger charge is 2.23. The molecule has 3 heteroatoms. The van der Waals surface area contributed by atoms with Gasteiger partial charge in [0.05, 0.1) is 0 Å². The fraction of sp³-hybridized carbons (Fsp3) is 1.00. The molecule has 3 nitrogen and oxygen atoms in total. The molecule has 76 valence electrons. The van der Waals surface area contributed by atoms with E-state index in [0.717, 1.165) is 32.2 Å². The summed E-state index contributed by atoms with van der Waals surface area (Å²) in [5.74, 6) is 0.908. The van der Waals surface area contributed by atoms with Crippen LogP contribution in [-0.2, 0) is 4.74 Å². The van der Waals surface area contributed by atoms with Crippen molar-refractivity contribution in [3.05, 3.63) is 0 Å². The summed E-state index contributed by atoms with van der Waals surface area (Å²) in [4.78, 5) is 2.46. The minimum atomic E-state index is 0.453. The summed E-state index contributed by atoms with van der Waals surface area (Å²) in [6.45, 7) is 5.43. The summed E-state index contributed by atoms with van der Waals surface area (Å²) in [6.07, 6.45) is 3.87. The normalized spacial score (nSPS) is 27.5. The van der Waals surface area contributed by atoms with E-state index in [0.29, 0.717) is 6.04 Å². The van der Waals surface area contributed by atoms with Gasteiger partial charge in [-0.25, -0.2) is 0 Å². The molecule has 0 bridgehead atoms. The van der Waals surface area contributed by atoms with Crippen molar-refractivity contribution in [2.45, 2.75) is 25.3 Å². The van der Waals surface area contributed by atoms with Gasteiger partial charge in [0.15, 0.2) is 0 Å². The lowest BCUT2D eigenvalue weighted by molar-refractivity contribution is 0.0547. The fourth-order valence-electron chi connectivity index (χ4n) is 2.19. The maximum atomic E-state index is 5.72. The molecule has 0 saturated carbocycles. The van der Waals surface area contributed by atoms with Crippen LogP contribution < -0.4 is 5.73 Å². The zero-order chi connectivity index (χ0) is 9.10. The molecular weight excluding hydrogens is 164 g/mol. The quantitative estimate of drug-likeness (QED) is 0.692. The van der Waals surface area contributed by atoms with Gasteiger partial charge in [0.25, 0.3) is 0 Å². The van der Waals surface area contributed by atoms with Crippen LogP contribution in [0.1, 0.15) is 19.3 Å². The second-order valence-corrected chi connectivity index (χ2v) is 4.36. The summed E-state index contributed by atoms with van der Waals surface area (Å²) >= 11 is 0. The first-order chi connectivity index (χ1) is 6.34. The Balaban J connectivity index is 1.56. The topological polar surface area (TPSA) is 38.5 Å². The van der Waals surface area contributed by atoms with Gasteiger partial charge in [0.1, 0.15) is 0 Å². The Kier molecular flexibility index (Phi) is 3.19. The summed E-state index contributed by atoms with van der Waals surface area (Å²) in [7, 11) is 0. The van der Waals surface area contributed by atoms with Gasteiger partial charge in [-0.2, -0.15) is 0 Å². The van der Waals surface area contributed by atoms with Gasteiger partial charge in [-0.1, -0.05) is 0 Å². The predicted octanol–water partition coefficient (Wildman–Crippen LogP) is 0.446. The molecule has 2 heterocycles. The number of nitrogens with two attached hydrogens (primary N) is 1. The molecule has 0 spiro atoms. The molecule has 0 aromatic heterocycles. The minimum absolute atomic E-state index is 0.453. The Morgan fingerprint density at radius 3 is 2.54 bits per heavy atom. The third-order valence-corrected chi connectivity index (χ3v) is 3.18. The van der Waals surface area contributed by atoms with Crippen molar-refractivity contribution in [3.63, 3.8) is 0 Å². The number of hydrogen-bond acceptors (Lipinski definition) is 3. The summed E-state index contributed by atoms with van der Waals surface area (Å²) in [6, 6.07) is 0.453. The van der Waals surface area contributed by atoms with Crippen molar-refractivity contribution in [1.82, 2.24) is 4.90 Å². The van der Waals surface area contributed by atoms with E-state index >= 15 is 0 Å². The Morgan fingerprint density at radius 2 is 1.92 bits per heavy atom. The number of hydrogen-bond donors (Lipinski definition) is 1. The Bertz CT molecular complexity index is 151. The van der Waals surface area contributed by atoms with Gasteiger partial charge in [0, 0.05) is 32.3 Å². The highest BCUT2D eigenvalue weighted by atomic mass is 16.5. The van der Waals surface area contributed by atoms with Crippen LogP contribution in [0.25, 0.3) is 0 Å². The molecule has 0 aromatic rings. The van der Waals surface area contributed by atoms with Gasteiger partial charge in [-0.15, -0.1) is 0 Å². The standard InChI is InChI=1S/C10H20N2O/c11-10-7-12(8-10)4-1-9-2-5-13-6-3-9/h9-10H,1-8,11H2. The van der Waals surface area contributed by atoms with Crippen molar-refractivity contribution in [3.8, 4) is 0 Å². The van der Waals surface area contributed by atoms with Crippen molar-refractivity contribution in [1.29, 1.82) is 0 Å². The first-order valence-electron chi connectivity index (χ1n) is 5.40. The van der Waals surface area contributed by atoms with Crippen LogP contribution in [0.4, 0.5) is 0 Å². The molecule has 0 radical (unpaired) electrons. The Hall–Kier alpha value is -0.120. The lowest BCUT2D eigenvalue weighted by Gasteiger charge is -2.38. The molecule has 2 aliphatic rings. The molecule has 2 fully saturated rings. The van der Waals surface area contributed by atoms with Gasteiger partial charge in [-0.05, 0) is 31.7 Å². The van der Waals surface area contributed by atoms with E-state index in [4.69, 9.17) is 10.5 Å². The average molecular weight is 184 g/mol. The molecule has 0 amide bonds. The zero-order valence-electron chi connectivity index (χ0n) is 8.24. The smallest absolute Gasteiger partial charge is 0.0468 e. The number of nitrogens with zero attached hydrogens (tertiary/aromatic N) is 1. The maximum absolute atomic E-state index is 5.72. The molecular formula is C10H20N2O. The van der Waals surface area contributed by atoms with Crippen LogP contribution in [0.2, 0.25) is 0 Å². The third kappa shape index (κ3) is 2.66. The molecule has 2 rings (SSSR count). The van der Waals surface area contributed by atoms with E-state index in [2.05, 4.69) is 4.90 Å². The molecule has 2 N–H and O–H groups in total. The molecule has 0 aromatic carbocycles. The molecule has 0 atom stereocenters. The number of rotatable bonds is 3. The lowest BCUT2D eigenvalue weighted by atomic mass is 9.95. The molecule has 2 saturated heterocycles.